The van der Waals surface area contributed by atoms with E-state index in [4.69, 9.17) is 14.2 Å². The van der Waals surface area contributed by atoms with Gasteiger partial charge in [-0.15, -0.1) is 0 Å². The molecule has 0 aliphatic carbocycles. The third kappa shape index (κ3) is 7.17. The molecule has 1 atom stereocenters. The summed E-state index contributed by atoms with van der Waals surface area (Å²) in [4.78, 5) is 0. The van der Waals surface area contributed by atoms with Gasteiger partial charge >= 0.3 is 0 Å². The molecule has 0 bridgehead atoms. The lowest BCUT2D eigenvalue weighted by Crippen LogP contribution is -2.38. The van der Waals surface area contributed by atoms with Crippen LogP contribution in [0.15, 0.2) is 0 Å². The standard InChI is InChI=1S/C12H25NO3/c1-11(2)3-5-14-6-4-13-9-12-10-15-7-8-16-12/h11-13H,3-10H2,1-2H3. The quantitative estimate of drug-likeness (QED) is 0.634. The van der Waals surface area contributed by atoms with Gasteiger partial charge in [-0.2, -0.15) is 0 Å². The van der Waals surface area contributed by atoms with Gasteiger partial charge in [0.25, 0.3) is 0 Å². The second kappa shape index (κ2) is 8.93. The van der Waals surface area contributed by atoms with E-state index in [0.717, 1.165) is 51.9 Å². The zero-order valence-corrected chi connectivity index (χ0v) is 10.5. The highest BCUT2D eigenvalue weighted by atomic mass is 16.6. The Morgan fingerprint density at radius 3 is 2.88 bits per heavy atom. The fourth-order valence-electron chi connectivity index (χ4n) is 1.48. The molecule has 0 aromatic heterocycles. The maximum Gasteiger partial charge on any atom is 0.0933 e. The van der Waals surface area contributed by atoms with Crippen molar-refractivity contribution in [2.45, 2.75) is 26.4 Å². The Hall–Kier alpha value is -0.160. The van der Waals surface area contributed by atoms with Gasteiger partial charge in [-0.25, -0.2) is 0 Å². The molecule has 0 amide bonds. The molecule has 1 fully saturated rings. The molecule has 0 radical (unpaired) electrons. The highest BCUT2D eigenvalue weighted by Crippen LogP contribution is 1.99. The van der Waals surface area contributed by atoms with Gasteiger partial charge in [-0.1, -0.05) is 13.8 Å². The molecule has 1 heterocycles. The van der Waals surface area contributed by atoms with Gasteiger partial charge in [0.05, 0.1) is 32.5 Å². The number of rotatable bonds is 8. The monoisotopic (exact) mass is 231 g/mol. The molecular formula is C12H25NO3. The molecule has 1 unspecified atom stereocenters. The zero-order chi connectivity index (χ0) is 11.6. The average molecular weight is 231 g/mol. The van der Waals surface area contributed by atoms with Crippen LogP contribution in [0.5, 0.6) is 0 Å². The largest absolute Gasteiger partial charge is 0.380 e. The Kier molecular flexibility index (Phi) is 7.76. The van der Waals surface area contributed by atoms with Crippen LogP contribution in [0.3, 0.4) is 0 Å². The minimum absolute atomic E-state index is 0.212. The summed E-state index contributed by atoms with van der Waals surface area (Å²) in [6.45, 7) is 9.96. The van der Waals surface area contributed by atoms with Gasteiger partial charge < -0.3 is 19.5 Å². The zero-order valence-electron chi connectivity index (χ0n) is 10.5. The lowest BCUT2D eigenvalue weighted by Gasteiger charge is -2.23. The summed E-state index contributed by atoms with van der Waals surface area (Å²) in [7, 11) is 0. The molecule has 1 rings (SSSR count). The van der Waals surface area contributed by atoms with Crippen molar-refractivity contribution in [3.8, 4) is 0 Å². The van der Waals surface area contributed by atoms with Crippen molar-refractivity contribution < 1.29 is 14.2 Å². The lowest BCUT2D eigenvalue weighted by molar-refractivity contribution is -0.0865. The number of hydrogen-bond acceptors (Lipinski definition) is 4. The van der Waals surface area contributed by atoms with Crippen molar-refractivity contribution in [2.24, 2.45) is 5.92 Å². The minimum Gasteiger partial charge on any atom is -0.380 e. The molecule has 1 aliphatic heterocycles. The topological polar surface area (TPSA) is 39.7 Å². The first-order valence-electron chi connectivity index (χ1n) is 6.27. The Morgan fingerprint density at radius 2 is 2.19 bits per heavy atom. The van der Waals surface area contributed by atoms with Crippen molar-refractivity contribution in [3.63, 3.8) is 0 Å². The maximum absolute atomic E-state index is 5.51. The summed E-state index contributed by atoms with van der Waals surface area (Å²) in [6, 6.07) is 0. The molecule has 0 aromatic carbocycles. The van der Waals surface area contributed by atoms with E-state index in [0.29, 0.717) is 6.61 Å². The second-order valence-corrected chi connectivity index (χ2v) is 4.57. The van der Waals surface area contributed by atoms with Crippen LogP contribution in [0.4, 0.5) is 0 Å². The van der Waals surface area contributed by atoms with E-state index in [2.05, 4.69) is 19.2 Å². The smallest absolute Gasteiger partial charge is 0.0933 e. The van der Waals surface area contributed by atoms with Crippen LogP contribution in [-0.2, 0) is 14.2 Å². The fraction of sp³-hybridized carbons (Fsp3) is 1.00. The van der Waals surface area contributed by atoms with E-state index in [1.807, 2.05) is 0 Å². The van der Waals surface area contributed by atoms with E-state index in [1.54, 1.807) is 0 Å². The Labute approximate surface area is 98.6 Å². The molecule has 4 heteroatoms. The first-order valence-corrected chi connectivity index (χ1v) is 6.27. The summed E-state index contributed by atoms with van der Waals surface area (Å²) in [5, 5.41) is 3.31. The number of hydrogen-bond donors (Lipinski definition) is 1. The summed E-state index contributed by atoms with van der Waals surface area (Å²) in [5.74, 6) is 0.723. The average Bonchev–Trinajstić information content (AvgIpc) is 2.29. The predicted octanol–water partition coefficient (Wildman–Crippen LogP) is 1.05. The van der Waals surface area contributed by atoms with Crippen LogP contribution in [0, 0.1) is 5.92 Å². The molecule has 1 N–H and O–H groups in total. The van der Waals surface area contributed by atoms with E-state index < -0.39 is 0 Å². The molecule has 0 saturated carbocycles. The van der Waals surface area contributed by atoms with Crippen molar-refractivity contribution >= 4 is 0 Å². The SMILES string of the molecule is CC(C)CCOCCNCC1COCCO1. The second-order valence-electron chi connectivity index (χ2n) is 4.57. The van der Waals surface area contributed by atoms with Gasteiger partial charge in [0.2, 0.25) is 0 Å². The van der Waals surface area contributed by atoms with Gasteiger partial charge in [-0.05, 0) is 12.3 Å². The molecular weight excluding hydrogens is 206 g/mol. The lowest BCUT2D eigenvalue weighted by atomic mass is 10.1. The number of ether oxygens (including phenoxy) is 3. The highest BCUT2D eigenvalue weighted by Gasteiger charge is 2.12. The number of nitrogens with one attached hydrogen (secondary N) is 1. The van der Waals surface area contributed by atoms with Crippen LogP contribution in [0.2, 0.25) is 0 Å². The molecule has 0 aromatic rings. The van der Waals surface area contributed by atoms with Crippen LogP contribution in [-0.4, -0.2) is 52.2 Å². The summed E-state index contributed by atoms with van der Waals surface area (Å²) >= 11 is 0. The predicted molar refractivity (Wildman–Crippen MR) is 63.7 cm³/mol. The maximum atomic E-state index is 5.51. The van der Waals surface area contributed by atoms with Crippen LogP contribution in [0.25, 0.3) is 0 Å². The van der Waals surface area contributed by atoms with Gasteiger partial charge in [0, 0.05) is 19.7 Å². The molecule has 4 nitrogen and oxygen atoms in total. The van der Waals surface area contributed by atoms with E-state index >= 15 is 0 Å². The molecule has 1 saturated heterocycles. The van der Waals surface area contributed by atoms with Gasteiger partial charge in [0.15, 0.2) is 0 Å². The van der Waals surface area contributed by atoms with Crippen LogP contribution < -0.4 is 5.32 Å². The summed E-state index contributed by atoms with van der Waals surface area (Å²) < 4.78 is 16.3. The van der Waals surface area contributed by atoms with Crippen LogP contribution in [0.1, 0.15) is 20.3 Å². The van der Waals surface area contributed by atoms with Crippen LogP contribution >= 0.6 is 0 Å². The minimum atomic E-state index is 0.212. The first-order chi connectivity index (χ1) is 7.79. The van der Waals surface area contributed by atoms with Crippen molar-refractivity contribution in [1.29, 1.82) is 0 Å². The Bertz CT molecular complexity index is 158. The van der Waals surface area contributed by atoms with E-state index in [1.165, 1.54) is 0 Å². The Morgan fingerprint density at radius 1 is 1.31 bits per heavy atom. The van der Waals surface area contributed by atoms with Gasteiger partial charge in [-0.3, -0.25) is 0 Å². The summed E-state index contributed by atoms with van der Waals surface area (Å²) in [5.41, 5.74) is 0. The summed E-state index contributed by atoms with van der Waals surface area (Å²) in [6.07, 6.45) is 1.35. The third-order valence-electron chi connectivity index (χ3n) is 2.52. The first kappa shape index (κ1) is 13.9. The molecule has 0 spiro atoms. The van der Waals surface area contributed by atoms with Gasteiger partial charge in [0.1, 0.15) is 0 Å². The van der Waals surface area contributed by atoms with E-state index in [9.17, 15) is 0 Å². The fourth-order valence-corrected chi connectivity index (χ4v) is 1.48. The molecule has 1 aliphatic rings. The van der Waals surface area contributed by atoms with Crippen molar-refractivity contribution in [3.05, 3.63) is 0 Å². The Balaban J connectivity index is 1.80. The van der Waals surface area contributed by atoms with E-state index in [-0.39, 0.29) is 6.10 Å². The molecule has 96 valence electrons. The molecule has 16 heavy (non-hydrogen) atoms. The third-order valence-corrected chi connectivity index (χ3v) is 2.52. The normalized spacial score (nSPS) is 21.6. The van der Waals surface area contributed by atoms with Crippen molar-refractivity contribution in [1.82, 2.24) is 5.32 Å². The van der Waals surface area contributed by atoms with Crippen molar-refractivity contribution in [2.75, 3.05) is 46.1 Å². The highest BCUT2D eigenvalue weighted by molar-refractivity contribution is 4.63.